The van der Waals surface area contributed by atoms with Crippen molar-refractivity contribution in [2.75, 3.05) is 0 Å². The second kappa shape index (κ2) is 6.85. The Hall–Kier alpha value is -3.03. The van der Waals surface area contributed by atoms with Crippen molar-refractivity contribution in [2.24, 2.45) is 0 Å². The van der Waals surface area contributed by atoms with Gasteiger partial charge >= 0.3 is 0 Å². The van der Waals surface area contributed by atoms with Crippen molar-refractivity contribution < 1.29 is 4.39 Å². The zero-order valence-corrected chi connectivity index (χ0v) is 16.2. The number of H-pyrrole nitrogens is 1. The van der Waals surface area contributed by atoms with Crippen LogP contribution in [0.4, 0.5) is 4.39 Å². The molecule has 0 saturated heterocycles. The van der Waals surface area contributed by atoms with Crippen LogP contribution < -0.4 is 10.6 Å². The molecule has 5 rings (SSSR count). The van der Waals surface area contributed by atoms with E-state index < -0.39 is 0 Å². The number of thiocarbonyl (C=S) groups is 1. The van der Waals surface area contributed by atoms with Gasteiger partial charge in [0.1, 0.15) is 11.6 Å². The average molecular weight is 407 g/mol. The third-order valence-corrected chi connectivity index (χ3v) is 5.77. The highest BCUT2D eigenvalue weighted by molar-refractivity contribution is 7.80. The van der Waals surface area contributed by atoms with E-state index in [2.05, 4.69) is 15.6 Å². The predicted molar refractivity (Wildman–Crippen MR) is 115 cm³/mol. The van der Waals surface area contributed by atoms with E-state index in [4.69, 9.17) is 17.2 Å². The maximum absolute atomic E-state index is 14.0. The molecule has 28 heavy (non-hydrogen) atoms. The Morgan fingerprint density at radius 2 is 1.93 bits per heavy atom. The van der Waals surface area contributed by atoms with Crippen LogP contribution in [-0.4, -0.2) is 15.1 Å². The Bertz CT molecular complexity index is 1180. The Kier molecular flexibility index (Phi) is 4.18. The van der Waals surface area contributed by atoms with Crippen molar-refractivity contribution >= 4 is 51.0 Å². The third kappa shape index (κ3) is 2.98. The molecule has 3 heterocycles. The van der Waals surface area contributed by atoms with Crippen molar-refractivity contribution in [1.29, 1.82) is 0 Å². The van der Waals surface area contributed by atoms with Crippen molar-refractivity contribution in [3.05, 3.63) is 88.1 Å². The minimum absolute atomic E-state index is 0.287. The standard InChI is InChI=1S/C21H15FN4S2/c22-13-6-3-5-12(11-13)18-17(20-23-14-7-1-2-8-15(14)24-20)19(26-21(27)25-18)16-9-4-10-28-16/h1-11,18H,(H,23,24)(H2,25,26,27)/t18-/m0/s1. The van der Waals surface area contributed by atoms with Gasteiger partial charge in [-0.25, -0.2) is 9.37 Å². The molecule has 3 N–H and O–H groups in total. The summed E-state index contributed by atoms with van der Waals surface area (Å²) in [5, 5.41) is 9.08. The minimum Gasteiger partial charge on any atom is -0.351 e. The summed E-state index contributed by atoms with van der Waals surface area (Å²) in [6, 6.07) is 18.1. The lowest BCUT2D eigenvalue weighted by molar-refractivity contribution is 0.622. The zero-order valence-electron chi connectivity index (χ0n) is 14.6. The van der Waals surface area contributed by atoms with E-state index in [0.717, 1.165) is 38.6 Å². The highest BCUT2D eigenvalue weighted by Crippen LogP contribution is 2.38. The molecule has 0 fully saturated rings. The van der Waals surface area contributed by atoms with E-state index >= 15 is 0 Å². The lowest BCUT2D eigenvalue weighted by atomic mass is 9.94. The number of para-hydroxylation sites is 2. The Morgan fingerprint density at radius 3 is 2.71 bits per heavy atom. The number of halogens is 1. The summed E-state index contributed by atoms with van der Waals surface area (Å²) < 4.78 is 14.0. The van der Waals surface area contributed by atoms with Gasteiger partial charge in [-0.2, -0.15) is 0 Å². The van der Waals surface area contributed by atoms with Gasteiger partial charge < -0.3 is 15.6 Å². The number of rotatable bonds is 3. The number of nitrogens with one attached hydrogen (secondary N) is 3. The number of benzene rings is 2. The number of aromatic nitrogens is 2. The quantitative estimate of drug-likeness (QED) is 0.426. The minimum atomic E-state index is -0.331. The lowest BCUT2D eigenvalue weighted by Crippen LogP contribution is -2.42. The molecule has 0 saturated carbocycles. The van der Waals surface area contributed by atoms with Crippen LogP contribution in [0.2, 0.25) is 0 Å². The molecular formula is C21H15FN4S2. The van der Waals surface area contributed by atoms with Gasteiger partial charge in [-0.05, 0) is 53.5 Å². The van der Waals surface area contributed by atoms with E-state index in [0.29, 0.717) is 5.11 Å². The summed E-state index contributed by atoms with van der Waals surface area (Å²) in [6.07, 6.45) is 0. The van der Waals surface area contributed by atoms with Gasteiger partial charge in [0.2, 0.25) is 0 Å². The fourth-order valence-electron chi connectivity index (χ4n) is 3.45. The molecule has 4 aromatic rings. The maximum Gasteiger partial charge on any atom is 0.171 e. The Morgan fingerprint density at radius 1 is 1.04 bits per heavy atom. The van der Waals surface area contributed by atoms with Gasteiger partial charge in [0.05, 0.1) is 27.6 Å². The number of hydrogen-bond donors (Lipinski definition) is 3. The maximum atomic E-state index is 14.0. The molecule has 1 atom stereocenters. The second-order valence-corrected chi connectivity index (χ2v) is 7.81. The first-order valence-electron chi connectivity index (χ1n) is 8.75. The second-order valence-electron chi connectivity index (χ2n) is 6.46. The molecule has 0 radical (unpaired) electrons. The number of hydrogen-bond acceptors (Lipinski definition) is 3. The van der Waals surface area contributed by atoms with Crippen LogP contribution in [0, 0.1) is 5.82 Å². The third-order valence-electron chi connectivity index (χ3n) is 4.67. The fourth-order valence-corrected chi connectivity index (χ4v) is 4.41. The van der Waals surface area contributed by atoms with Crippen molar-refractivity contribution in [1.82, 2.24) is 20.6 Å². The molecule has 0 unspecified atom stereocenters. The molecule has 0 spiro atoms. The first-order valence-corrected chi connectivity index (χ1v) is 10.0. The molecule has 7 heteroatoms. The summed E-state index contributed by atoms with van der Waals surface area (Å²) in [4.78, 5) is 9.24. The molecule has 0 amide bonds. The Balaban J connectivity index is 1.77. The summed E-state index contributed by atoms with van der Waals surface area (Å²) >= 11 is 7.07. The molecule has 2 aromatic heterocycles. The van der Waals surface area contributed by atoms with Crippen LogP contribution >= 0.6 is 23.6 Å². The van der Waals surface area contributed by atoms with Crippen LogP contribution in [0.15, 0.2) is 66.0 Å². The molecule has 2 aromatic carbocycles. The number of nitrogens with zero attached hydrogens (tertiary/aromatic N) is 1. The van der Waals surface area contributed by atoms with E-state index in [1.54, 1.807) is 17.4 Å². The predicted octanol–water partition coefficient (Wildman–Crippen LogP) is 4.85. The highest BCUT2D eigenvalue weighted by Gasteiger charge is 2.31. The van der Waals surface area contributed by atoms with E-state index in [1.165, 1.54) is 12.1 Å². The van der Waals surface area contributed by atoms with Gasteiger partial charge in [-0.3, -0.25) is 0 Å². The topological polar surface area (TPSA) is 52.7 Å². The summed E-state index contributed by atoms with van der Waals surface area (Å²) in [5.74, 6) is 0.437. The lowest BCUT2D eigenvalue weighted by Gasteiger charge is -2.31. The number of fused-ring (bicyclic) bond motifs is 1. The van der Waals surface area contributed by atoms with Gasteiger partial charge in [-0.1, -0.05) is 30.3 Å². The summed E-state index contributed by atoms with van der Waals surface area (Å²) in [7, 11) is 0. The molecule has 138 valence electrons. The van der Waals surface area contributed by atoms with Gasteiger partial charge in [0.15, 0.2) is 5.11 Å². The van der Waals surface area contributed by atoms with Crippen molar-refractivity contribution in [3.8, 4) is 0 Å². The number of imidazole rings is 1. The molecule has 1 aliphatic heterocycles. The zero-order chi connectivity index (χ0) is 19.1. The largest absolute Gasteiger partial charge is 0.351 e. The SMILES string of the molecule is Fc1cccc([C@@H]2NC(=S)NC(c3cccs3)=C2c2nc3ccccc3[nH]2)c1. The van der Waals surface area contributed by atoms with E-state index in [-0.39, 0.29) is 11.9 Å². The van der Waals surface area contributed by atoms with Gasteiger partial charge in [0.25, 0.3) is 0 Å². The van der Waals surface area contributed by atoms with Crippen LogP contribution in [0.25, 0.3) is 22.3 Å². The molecular weight excluding hydrogens is 391 g/mol. The normalized spacial score (nSPS) is 16.9. The monoisotopic (exact) mass is 406 g/mol. The first-order chi connectivity index (χ1) is 13.7. The fraction of sp³-hybridized carbons (Fsp3) is 0.0476. The molecule has 1 aliphatic rings. The smallest absolute Gasteiger partial charge is 0.171 e. The number of thiophene rings is 1. The molecule has 0 bridgehead atoms. The van der Waals surface area contributed by atoms with Gasteiger partial charge in [0, 0.05) is 5.57 Å². The number of aromatic amines is 1. The van der Waals surface area contributed by atoms with Crippen LogP contribution in [0.5, 0.6) is 0 Å². The van der Waals surface area contributed by atoms with Crippen LogP contribution in [0.1, 0.15) is 22.3 Å². The highest BCUT2D eigenvalue weighted by atomic mass is 32.1. The van der Waals surface area contributed by atoms with Gasteiger partial charge in [-0.15, -0.1) is 11.3 Å². The van der Waals surface area contributed by atoms with Crippen LogP contribution in [0.3, 0.4) is 0 Å². The first kappa shape index (κ1) is 17.1. The average Bonchev–Trinajstić information content (AvgIpc) is 3.37. The van der Waals surface area contributed by atoms with Crippen LogP contribution in [-0.2, 0) is 0 Å². The van der Waals surface area contributed by atoms with E-state index in [1.807, 2.05) is 47.8 Å². The van der Waals surface area contributed by atoms with E-state index in [9.17, 15) is 4.39 Å². The molecule has 4 nitrogen and oxygen atoms in total. The molecule has 0 aliphatic carbocycles. The summed E-state index contributed by atoms with van der Waals surface area (Å²) in [5.41, 5.74) is 4.39. The Labute approximate surface area is 170 Å². The summed E-state index contributed by atoms with van der Waals surface area (Å²) in [6.45, 7) is 0. The van der Waals surface area contributed by atoms with Crippen molar-refractivity contribution in [2.45, 2.75) is 6.04 Å². The van der Waals surface area contributed by atoms with Crippen molar-refractivity contribution in [3.63, 3.8) is 0 Å².